The SMILES string of the molecule is CN(C)C(=O)N(CC[C@H](N)CF)[C@@H](c1nc(-c2cccc(F)c2)cn1Cc1ccccc1)C(C)(C)C. The number of nitrogens with zero attached hydrogens (tertiary/aromatic N) is 4. The minimum atomic E-state index is -0.657. The predicted octanol–water partition coefficient (Wildman–Crippen LogP) is 5.50. The van der Waals surface area contributed by atoms with Crippen LogP contribution in [0.15, 0.2) is 60.8 Å². The van der Waals surface area contributed by atoms with Crippen LogP contribution < -0.4 is 5.73 Å². The lowest BCUT2D eigenvalue weighted by atomic mass is 9.84. The number of benzene rings is 2. The van der Waals surface area contributed by atoms with Gasteiger partial charge in [-0.3, -0.25) is 0 Å². The van der Waals surface area contributed by atoms with Gasteiger partial charge in [0.2, 0.25) is 0 Å². The fourth-order valence-electron chi connectivity index (χ4n) is 4.31. The van der Waals surface area contributed by atoms with Gasteiger partial charge in [0.1, 0.15) is 18.3 Å². The molecule has 2 atom stereocenters. The molecule has 1 aromatic heterocycles. The standard InChI is InChI=1S/C28H37F2N5O/c1-28(2,3)25(35(27(36)33(4)5)15-14-23(31)17-29)26-32-24(21-12-9-13-22(30)16-21)19-34(26)18-20-10-7-6-8-11-20/h6-13,16,19,23,25H,14-15,17-18,31H2,1-5H3/t23-,25-/m0/s1. The molecule has 2 aromatic carbocycles. The van der Waals surface area contributed by atoms with Crippen LogP contribution in [0.5, 0.6) is 0 Å². The van der Waals surface area contributed by atoms with Crippen molar-refractivity contribution in [1.82, 2.24) is 19.4 Å². The van der Waals surface area contributed by atoms with E-state index in [1.807, 2.05) is 67.9 Å². The van der Waals surface area contributed by atoms with E-state index in [2.05, 4.69) is 0 Å². The molecule has 0 saturated carbocycles. The number of aromatic nitrogens is 2. The van der Waals surface area contributed by atoms with Crippen molar-refractivity contribution in [2.45, 2.75) is 45.8 Å². The van der Waals surface area contributed by atoms with Crippen LogP contribution in [0.25, 0.3) is 11.3 Å². The third kappa shape index (κ3) is 6.69. The van der Waals surface area contributed by atoms with E-state index in [0.29, 0.717) is 30.0 Å². The van der Waals surface area contributed by atoms with Gasteiger partial charge in [-0.25, -0.2) is 18.6 Å². The number of carbonyl (C=O) groups excluding carboxylic acids is 1. The van der Waals surface area contributed by atoms with Crippen LogP contribution in [0, 0.1) is 11.2 Å². The summed E-state index contributed by atoms with van der Waals surface area (Å²) in [4.78, 5) is 21.6. The number of alkyl halides is 1. The average Bonchev–Trinajstić information content (AvgIpc) is 3.23. The van der Waals surface area contributed by atoms with Crippen LogP contribution in [0.3, 0.4) is 0 Å². The molecule has 1 heterocycles. The number of carbonyl (C=O) groups is 1. The molecule has 0 aliphatic rings. The summed E-state index contributed by atoms with van der Waals surface area (Å²) in [5, 5.41) is 0. The topological polar surface area (TPSA) is 67.4 Å². The first-order valence-corrected chi connectivity index (χ1v) is 12.2. The van der Waals surface area contributed by atoms with Gasteiger partial charge in [-0.2, -0.15) is 0 Å². The number of amides is 2. The van der Waals surface area contributed by atoms with Gasteiger partial charge < -0.3 is 20.1 Å². The van der Waals surface area contributed by atoms with E-state index in [4.69, 9.17) is 10.7 Å². The minimum Gasteiger partial charge on any atom is -0.331 e. The van der Waals surface area contributed by atoms with Gasteiger partial charge in [0, 0.05) is 45.0 Å². The third-order valence-electron chi connectivity index (χ3n) is 6.07. The van der Waals surface area contributed by atoms with Crippen LogP contribution in [-0.4, -0.2) is 58.7 Å². The van der Waals surface area contributed by atoms with E-state index in [1.54, 1.807) is 25.1 Å². The quantitative estimate of drug-likeness (QED) is 0.425. The second-order valence-corrected chi connectivity index (χ2v) is 10.5. The largest absolute Gasteiger partial charge is 0.331 e. The van der Waals surface area contributed by atoms with Crippen molar-refractivity contribution in [2.75, 3.05) is 27.3 Å². The minimum absolute atomic E-state index is 0.206. The fourth-order valence-corrected chi connectivity index (χ4v) is 4.31. The molecule has 0 aliphatic carbocycles. The summed E-state index contributed by atoms with van der Waals surface area (Å²) in [6.07, 6.45) is 2.22. The van der Waals surface area contributed by atoms with Gasteiger partial charge in [-0.1, -0.05) is 63.2 Å². The molecule has 0 fully saturated rings. The molecule has 194 valence electrons. The second-order valence-electron chi connectivity index (χ2n) is 10.5. The van der Waals surface area contributed by atoms with Crippen LogP contribution in [-0.2, 0) is 6.54 Å². The van der Waals surface area contributed by atoms with E-state index in [1.165, 1.54) is 17.0 Å². The highest BCUT2D eigenvalue weighted by Crippen LogP contribution is 2.39. The molecule has 2 amide bonds. The van der Waals surface area contributed by atoms with Gasteiger partial charge in [0.15, 0.2) is 0 Å². The van der Waals surface area contributed by atoms with Crippen molar-refractivity contribution in [2.24, 2.45) is 11.1 Å². The Morgan fingerprint density at radius 2 is 1.81 bits per heavy atom. The Morgan fingerprint density at radius 1 is 1.11 bits per heavy atom. The number of halogens is 2. The van der Waals surface area contributed by atoms with Crippen LogP contribution in [0.4, 0.5) is 13.6 Å². The Morgan fingerprint density at radius 3 is 2.39 bits per heavy atom. The van der Waals surface area contributed by atoms with Crippen molar-refractivity contribution >= 4 is 6.03 Å². The number of imidazole rings is 1. The zero-order valence-corrected chi connectivity index (χ0v) is 21.8. The van der Waals surface area contributed by atoms with E-state index in [9.17, 15) is 13.6 Å². The maximum atomic E-state index is 14.1. The Kier molecular flexibility index (Phi) is 8.84. The molecule has 0 aliphatic heterocycles. The zero-order valence-electron chi connectivity index (χ0n) is 21.8. The van der Waals surface area contributed by atoms with Crippen LogP contribution >= 0.6 is 0 Å². The van der Waals surface area contributed by atoms with Gasteiger partial charge in [-0.05, 0) is 29.5 Å². The molecular formula is C28H37F2N5O. The summed E-state index contributed by atoms with van der Waals surface area (Å²) < 4.78 is 29.3. The van der Waals surface area contributed by atoms with Crippen LogP contribution in [0.1, 0.15) is 44.6 Å². The Bertz CT molecular complexity index is 1140. The number of hydrogen-bond acceptors (Lipinski definition) is 3. The highest BCUT2D eigenvalue weighted by molar-refractivity contribution is 5.74. The van der Waals surface area contributed by atoms with E-state index in [-0.39, 0.29) is 18.4 Å². The predicted molar refractivity (Wildman–Crippen MR) is 140 cm³/mol. The molecule has 3 aromatic rings. The molecule has 0 saturated heterocycles. The summed E-state index contributed by atoms with van der Waals surface area (Å²) in [6, 6.07) is 15.0. The van der Waals surface area contributed by atoms with Crippen molar-refractivity contribution in [3.63, 3.8) is 0 Å². The number of nitrogens with two attached hydrogens (primary N) is 1. The first-order chi connectivity index (χ1) is 17.0. The van der Waals surface area contributed by atoms with E-state index >= 15 is 0 Å². The van der Waals surface area contributed by atoms with E-state index in [0.717, 1.165) is 5.56 Å². The molecule has 0 spiro atoms. The molecule has 0 unspecified atom stereocenters. The molecule has 8 heteroatoms. The summed E-state index contributed by atoms with van der Waals surface area (Å²) in [6.45, 7) is 6.29. The van der Waals surface area contributed by atoms with Crippen LogP contribution in [0.2, 0.25) is 0 Å². The summed E-state index contributed by atoms with van der Waals surface area (Å²) in [5.74, 6) is 0.332. The molecule has 6 nitrogen and oxygen atoms in total. The van der Waals surface area contributed by atoms with Crippen molar-refractivity contribution in [1.29, 1.82) is 0 Å². The van der Waals surface area contributed by atoms with Crippen molar-refractivity contribution in [3.05, 3.63) is 78.0 Å². The third-order valence-corrected chi connectivity index (χ3v) is 6.07. The monoisotopic (exact) mass is 497 g/mol. The zero-order chi connectivity index (χ0) is 26.5. The second kappa shape index (κ2) is 11.6. The molecule has 0 radical (unpaired) electrons. The van der Waals surface area contributed by atoms with Crippen molar-refractivity contribution in [3.8, 4) is 11.3 Å². The molecule has 36 heavy (non-hydrogen) atoms. The van der Waals surface area contributed by atoms with Crippen molar-refractivity contribution < 1.29 is 13.6 Å². The maximum absolute atomic E-state index is 14.1. The van der Waals surface area contributed by atoms with Gasteiger partial charge in [0.05, 0.1) is 11.7 Å². The number of urea groups is 1. The highest BCUT2D eigenvalue weighted by atomic mass is 19.1. The number of rotatable bonds is 9. The molecule has 0 bridgehead atoms. The Balaban J connectivity index is 2.17. The summed E-state index contributed by atoms with van der Waals surface area (Å²) >= 11 is 0. The molecule has 2 N–H and O–H groups in total. The smallest absolute Gasteiger partial charge is 0.320 e. The Labute approximate surface area is 212 Å². The van der Waals surface area contributed by atoms with Gasteiger partial charge in [0.25, 0.3) is 0 Å². The summed E-state index contributed by atoms with van der Waals surface area (Å²) in [7, 11) is 3.39. The highest BCUT2D eigenvalue weighted by Gasteiger charge is 2.39. The fraction of sp³-hybridized carbons (Fsp3) is 0.429. The first kappa shape index (κ1) is 27.3. The maximum Gasteiger partial charge on any atom is 0.320 e. The summed E-state index contributed by atoms with van der Waals surface area (Å²) in [5.41, 5.74) is 7.80. The number of hydrogen-bond donors (Lipinski definition) is 1. The first-order valence-electron chi connectivity index (χ1n) is 12.2. The lowest BCUT2D eigenvalue weighted by molar-refractivity contribution is 0.0899. The van der Waals surface area contributed by atoms with Gasteiger partial charge in [-0.15, -0.1) is 0 Å². The molecule has 3 rings (SSSR count). The van der Waals surface area contributed by atoms with E-state index < -0.39 is 24.2 Å². The average molecular weight is 498 g/mol. The molecular weight excluding hydrogens is 460 g/mol. The van der Waals surface area contributed by atoms with Gasteiger partial charge >= 0.3 is 6.03 Å². The normalized spacial score (nSPS) is 13.3. The lowest BCUT2D eigenvalue weighted by Crippen LogP contribution is -2.48. The Hall–Kier alpha value is -3.26. The lowest BCUT2D eigenvalue weighted by Gasteiger charge is -2.41.